The summed E-state index contributed by atoms with van der Waals surface area (Å²) in [7, 11) is 0. The average Bonchev–Trinajstić information content (AvgIpc) is 2.56. The fourth-order valence-electron chi connectivity index (χ4n) is 2.08. The molecule has 0 aliphatic carbocycles. The lowest BCUT2D eigenvalue weighted by atomic mass is 9.94. The third-order valence-electron chi connectivity index (χ3n) is 3.51. The Balaban J connectivity index is 2.02. The highest BCUT2D eigenvalue weighted by molar-refractivity contribution is 5.18. The van der Waals surface area contributed by atoms with Crippen molar-refractivity contribution in [1.82, 2.24) is 5.32 Å². The maximum absolute atomic E-state index is 13.0. The number of nitrogens with one attached hydrogen (secondary N) is 1. The highest BCUT2D eigenvalue weighted by Gasteiger charge is 2.36. The lowest BCUT2D eigenvalue weighted by Gasteiger charge is -2.29. The number of ether oxygens (including phenoxy) is 1. The SMILES string of the molecule is CC1OCCC1(C)NCc1cc(F)cc(F)c1. The van der Waals surface area contributed by atoms with E-state index >= 15 is 0 Å². The Hall–Kier alpha value is -1.00. The standard InChI is InChI=1S/C13H17F2NO/c1-9-13(2,3-4-17-9)16-8-10-5-11(14)7-12(15)6-10/h5-7,9,16H,3-4,8H2,1-2H3. The molecule has 1 saturated heterocycles. The van der Waals surface area contributed by atoms with E-state index in [1.54, 1.807) is 0 Å². The van der Waals surface area contributed by atoms with E-state index in [1.807, 2.05) is 6.92 Å². The van der Waals surface area contributed by atoms with Crippen molar-refractivity contribution in [3.8, 4) is 0 Å². The minimum Gasteiger partial charge on any atom is -0.377 e. The van der Waals surface area contributed by atoms with Crippen molar-refractivity contribution in [2.75, 3.05) is 6.61 Å². The van der Waals surface area contributed by atoms with Gasteiger partial charge in [-0.15, -0.1) is 0 Å². The summed E-state index contributed by atoms with van der Waals surface area (Å²) in [6.07, 6.45) is 1.02. The first-order valence-corrected chi connectivity index (χ1v) is 5.81. The Bertz CT molecular complexity index is 390. The van der Waals surface area contributed by atoms with Crippen LogP contribution in [-0.4, -0.2) is 18.2 Å². The van der Waals surface area contributed by atoms with Crippen LogP contribution in [-0.2, 0) is 11.3 Å². The van der Waals surface area contributed by atoms with Gasteiger partial charge in [-0.3, -0.25) is 0 Å². The summed E-state index contributed by atoms with van der Waals surface area (Å²) in [5.74, 6) is -1.08. The zero-order valence-electron chi connectivity index (χ0n) is 10.1. The molecule has 4 heteroatoms. The first-order chi connectivity index (χ1) is 7.99. The maximum atomic E-state index is 13.0. The fourth-order valence-corrected chi connectivity index (χ4v) is 2.08. The van der Waals surface area contributed by atoms with Crippen LogP contribution in [0.1, 0.15) is 25.8 Å². The molecule has 0 amide bonds. The van der Waals surface area contributed by atoms with Gasteiger partial charge in [0, 0.05) is 24.8 Å². The Morgan fingerprint density at radius 2 is 2.00 bits per heavy atom. The molecule has 0 bridgehead atoms. The predicted molar refractivity (Wildman–Crippen MR) is 61.6 cm³/mol. The van der Waals surface area contributed by atoms with E-state index in [0.717, 1.165) is 19.1 Å². The van der Waals surface area contributed by atoms with Gasteiger partial charge in [-0.05, 0) is 38.0 Å². The summed E-state index contributed by atoms with van der Waals surface area (Å²) >= 11 is 0. The molecule has 1 aromatic carbocycles. The Morgan fingerprint density at radius 3 is 2.53 bits per heavy atom. The second-order valence-electron chi connectivity index (χ2n) is 4.81. The quantitative estimate of drug-likeness (QED) is 0.878. The van der Waals surface area contributed by atoms with Crippen LogP contribution in [0, 0.1) is 11.6 Å². The third-order valence-corrected chi connectivity index (χ3v) is 3.51. The van der Waals surface area contributed by atoms with Crippen LogP contribution in [0.15, 0.2) is 18.2 Å². The number of rotatable bonds is 3. The fraction of sp³-hybridized carbons (Fsp3) is 0.538. The molecule has 17 heavy (non-hydrogen) atoms. The molecule has 1 aliphatic heterocycles. The summed E-state index contributed by atoms with van der Waals surface area (Å²) in [4.78, 5) is 0. The third kappa shape index (κ3) is 2.82. The number of halogens is 2. The van der Waals surface area contributed by atoms with Gasteiger partial charge in [-0.1, -0.05) is 0 Å². The summed E-state index contributed by atoms with van der Waals surface area (Å²) < 4.78 is 31.5. The smallest absolute Gasteiger partial charge is 0.126 e. The highest BCUT2D eigenvalue weighted by atomic mass is 19.1. The number of hydrogen-bond donors (Lipinski definition) is 1. The van der Waals surface area contributed by atoms with Crippen LogP contribution in [0.25, 0.3) is 0 Å². The summed E-state index contributed by atoms with van der Waals surface area (Å²) in [6.45, 7) is 5.24. The van der Waals surface area contributed by atoms with Gasteiger partial charge in [0.1, 0.15) is 11.6 Å². The van der Waals surface area contributed by atoms with Crippen LogP contribution in [0.3, 0.4) is 0 Å². The van der Waals surface area contributed by atoms with Crippen molar-refractivity contribution in [2.45, 2.75) is 38.5 Å². The second-order valence-corrected chi connectivity index (χ2v) is 4.81. The average molecular weight is 241 g/mol. The van der Waals surface area contributed by atoms with Crippen molar-refractivity contribution < 1.29 is 13.5 Å². The summed E-state index contributed by atoms with van der Waals surface area (Å²) in [5.41, 5.74) is 0.491. The number of hydrogen-bond acceptors (Lipinski definition) is 2. The molecule has 1 heterocycles. The first kappa shape index (κ1) is 12.5. The zero-order chi connectivity index (χ0) is 12.5. The molecule has 0 saturated carbocycles. The maximum Gasteiger partial charge on any atom is 0.126 e. The molecule has 1 N–H and O–H groups in total. The van der Waals surface area contributed by atoms with Gasteiger partial charge in [-0.2, -0.15) is 0 Å². The molecule has 94 valence electrons. The first-order valence-electron chi connectivity index (χ1n) is 5.81. The van der Waals surface area contributed by atoms with Gasteiger partial charge in [0.15, 0.2) is 0 Å². The van der Waals surface area contributed by atoms with Crippen molar-refractivity contribution >= 4 is 0 Å². The van der Waals surface area contributed by atoms with Gasteiger partial charge >= 0.3 is 0 Å². The van der Waals surface area contributed by atoms with Gasteiger partial charge < -0.3 is 10.1 Å². The lowest BCUT2D eigenvalue weighted by Crippen LogP contribution is -2.47. The molecule has 2 atom stereocenters. The second kappa shape index (κ2) is 4.70. The van der Waals surface area contributed by atoms with Gasteiger partial charge in [0.25, 0.3) is 0 Å². The molecule has 2 unspecified atom stereocenters. The molecule has 2 rings (SSSR count). The molecular weight excluding hydrogens is 224 g/mol. The van der Waals surface area contributed by atoms with Crippen molar-refractivity contribution in [2.24, 2.45) is 0 Å². The van der Waals surface area contributed by atoms with Crippen LogP contribution in [0.2, 0.25) is 0 Å². The Labute approximate surface area is 100.0 Å². The molecule has 1 aromatic rings. The lowest BCUT2D eigenvalue weighted by molar-refractivity contribution is 0.0881. The normalized spacial score (nSPS) is 28.6. The zero-order valence-corrected chi connectivity index (χ0v) is 10.1. The van der Waals surface area contributed by atoms with E-state index in [-0.39, 0.29) is 11.6 Å². The van der Waals surface area contributed by atoms with Crippen LogP contribution in [0.4, 0.5) is 8.78 Å². The van der Waals surface area contributed by atoms with E-state index in [4.69, 9.17) is 4.74 Å². The predicted octanol–water partition coefficient (Wildman–Crippen LogP) is 2.62. The minimum absolute atomic E-state index is 0.112. The molecule has 2 nitrogen and oxygen atoms in total. The summed E-state index contributed by atoms with van der Waals surface area (Å²) in [6, 6.07) is 3.58. The topological polar surface area (TPSA) is 21.3 Å². The van der Waals surface area contributed by atoms with E-state index in [9.17, 15) is 8.78 Å². The van der Waals surface area contributed by atoms with Gasteiger partial charge in [-0.25, -0.2) is 8.78 Å². The summed E-state index contributed by atoms with van der Waals surface area (Å²) in [5, 5.41) is 3.32. The van der Waals surface area contributed by atoms with Crippen LogP contribution in [0.5, 0.6) is 0 Å². The monoisotopic (exact) mass is 241 g/mol. The molecule has 1 fully saturated rings. The van der Waals surface area contributed by atoms with E-state index in [1.165, 1.54) is 12.1 Å². The van der Waals surface area contributed by atoms with Crippen molar-refractivity contribution in [3.63, 3.8) is 0 Å². The van der Waals surface area contributed by atoms with E-state index in [2.05, 4.69) is 12.2 Å². The van der Waals surface area contributed by atoms with Crippen molar-refractivity contribution in [1.29, 1.82) is 0 Å². The van der Waals surface area contributed by atoms with Crippen LogP contribution >= 0.6 is 0 Å². The molecule has 0 aromatic heterocycles. The van der Waals surface area contributed by atoms with Gasteiger partial charge in [0.05, 0.1) is 6.10 Å². The Kier molecular flexibility index (Phi) is 3.45. The number of benzene rings is 1. The molecule has 0 spiro atoms. The largest absolute Gasteiger partial charge is 0.377 e. The van der Waals surface area contributed by atoms with E-state index < -0.39 is 11.6 Å². The molecule has 1 aliphatic rings. The molecule has 0 radical (unpaired) electrons. The Morgan fingerprint density at radius 1 is 1.35 bits per heavy atom. The van der Waals surface area contributed by atoms with Crippen molar-refractivity contribution in [3.05, 3.63) is 35.4 Å². The van der Waals surface area contributed by atoms with Gasteiger partial charge in [0.2, 0.25) is 0 Å². The highest BCUT2D eigenvalue weighted by Crippen LogP contribution is 2.25. The van der Waals surface area contributed by atoms with Crippen LogP contribution < -0.4 is 5.32 Å². The molecular formula is C13H17F2NO. The van der Waals surface area contributed by atoms with E-state index in [0.29, 0.717) is 12.1 Å². The minimum atomic E-state index is -0.539.